The Bertz CT molecular complexity index is 644. The molecule has 0 radical (unpaired) electrons. The molecule has 2 rings (SSSR count). The fourth-order valence-electron chi connectivity index (χ4n) is 2.70. The first-order valence-electron chi connectivity index (χ1n) is 7.86. The Kier molecular flexibility index (Phi) is 4.99. The van der Waals surface area contributed by atoms with Gasteiger partial charge < -0.3 is 0 Å². The molecule has 0 bridgehead atoms. The van der Waals surface area contributed by atoms with E-state index in [4.69, 9.17) is 0 Å². The predicted molar refractivity (Wildman–Crippen MR) is 95.1 cm³/mol. The molecular weight excluding hydrogens is 310 g/mol. The minimum Gasteiger partial charge on any atom is -0.207 e. The van der Waals surface area contributed by atoms with Crippen LogP contribution in [0.1, 0.15) is 18.4 Å². The van der Waals surface area contributed by atoms with Gasteiger partial charge in [0.15, 0.2) is 0 Å². The summed E-state index contributed by atoms with van der Waals surface area (Å²) in [4.78, 5) is 0.405. The third kappa shape index (κ3) is 3.89. The first-order valence-corrected chi connectivity index (χ1v) is 12.8. The maximum atomic E-state index is 12.7. The normalized spacial score (nSPS) is 20.3. The lowest BCUT2D eigenvalue weighted by atomic mass is 10.1. The van der Waals surface area contributed by atoms with Gasteiger partial charge in [-0.05, 0) is 37.8 Å². The smallest absolute Gasteiger partial charge is 0.207 e. The lowest BCUT2D eigenvalue weighted by Crippen LogP contribution is -2.30. The number of sulfonamides is 1. The fourth-order valence-corrected chi connectivity index (χ4v) is 5.13. The van der Waals surface area contributed by atoms with Gasteiger partial charge in [0.05, 0.1) is 13.0 Å². The summed E-state index contributed by atoms with van der Waals surface area (Å²) in [6, 6.07) is 7.12. The van der Waals surface area contributed by atoms with Gasteiger partial charge in [-0.1, -0.05) is 42.5 Å². The van der Waals surface area contributed by atoms with Crippen molar-refractivity contribution in [2.24, 2.45) is 5.92 Å². The summed E-state index contributed by atoms with van der Waals surface area (Å²) in [5.74, 6) is 0.416. The van der Waals surface area contributed by atoms with E-state index in [0.29, 0.717) is 23.9 Å². The monoisotopic (exact) mass is 337 g/mol. The topological polar surface area (TPSA) is 37.4 Å². The number of rotatable bonds is 5. The summed E-state index contributed by atoms with van der Waals surface area (Å²) in [5.41, 5.74) is 1.07. The maximum Gasteiger partial charge on any atom is 0.243 e. The largest absolute Gasteiger partial charge is 0.243 e. The predicted octanol–water partition coefficient (Wildman–Crippen LogP) is 3.83. The van der Waals surface area contributed by atoms with Crippen LogP contribution in [-0.4, -0.2) is 33.9 Å². The highest BCUT2D eigenvalue weighted by Gasteiger charge is 2.33. The van der Waals surface area contributed by atoms with Gasteiger partial charge in [0.25, 0.3) is 0 Å². The van der Waals surface area contributed by atoms with Gasteiger partial charge in [-0.15, -0.1) is 6.58 Å². The Hall–Kier alpha value is -0.913. The number of benzene rings is 1. The van der Waals surface area contributed by atoms with Crippen LogP contribution in [0.4, 0.5) is 0 Å². The number of hydrogen-bond acceptors (Lipinski definition) is 2. The van der Waals surface area contributed by atoms with E-state index in [1.807, 2.05) is 19.1 Å². The lowest BCUT2D eigenvalue weighted by Gasteiger charge is -2.23. The Morgan fingerprint density at radius 1 is 1.27 bits per heavy atom. The lowest BCUT2D eigenvalue weighted by molar-refractivity contribution is 0.457. The number of hydrogen-bond donors (Lipinski definition) is 0. The fraction of sp³-hybridized carbons (Fsp3) is 0.529. The molecule has 0 N–H and O–H groups in total. The van der Waals surface area contributed by atoms with Crippen molar-refractivity contribution in [1.82, 2.24) is 4.31 Å². The summed E-state index contributed by atoms with van der Waals surface area (Å²) in [7, 11) is -4.67. The molecule has 1 saturated heterocycles. The van der Waals surface area contributed by atoms with Gasteiger partial charge in [-0.25, -0.2) is 8.42 Å². The van der Waals surface area contributed by atoms with Crippen LogP contribution in [0.15, 0.2) is 40.9 Å². The first kappa shape index (κ1) is 17.4. The molecule has 0 aliphatic carbocycles. The molecule has 1 fully saturated rings. The minimum atomic E-state index is -3.34. The van der Waals surface area contributed by atoms with E-state index < -0.39 is 18.1 Å². The number of nitrogens with zero attached hydrogens (tertiary/aromatic N) is 1. The molecule has 5 heteroatoms. The molecule has 1 unspecified atom stereocenters. The van der Waals surface area contributed by atoms with Crippen LogP contribution in [-0.2, 0) is 10.0 Å². The molecule has 1 aromatic rings. The van der Waals surface area contributed by atoms with Gasteiger partial charge >= 0.3 is 0 Å². The van der Waals surface area contributed by atoms with Gasteiger partial charge in [0.2, 0.25) is 10.0 Å². The van der Waals surface area contributed by atoms with Crippen LogP contribution in [0.25, 0.3) is 0 Å². The zero-order valence-electron chi connectivity index (χ0n) is 14.1. The van der Waals surface area contributed by atoms with Crippen molar-refractivity contribution in [2.45, 2.75) is 44.3 Å². The molecule has 22 heavy (non-hydrogen) atoms. The summed E-state index contributed by atoms with van der Waals surface area (Å²) in [6.45, 7) is 14.3. The molecule has 3 nitrogen and oxygen atoms in total. The average Bonchev–Trinajstić information content (AvgIpc) is 2.87. The summed E-state index contributed by atoms with van der Waals surface area (Å²) in [5, 5.41) is 1.34. The number of aryl methyl sites for hydroxylation is 1. The van der Waals surface area contributed by atoms with Gasteiger partial charge in [-0.3, -0.25) is 0 Å². The third-order valence-electron chi connectivity index (χ3n) is 4.50. The second-order valence-electron chi connectivity index (χ2n) is 7.39. The molecule has 1 heterocycles. The summed E-state index contributed by atoms with van der Waals surface area (Å²) >= 11 is 0. The highest BCUT2D eigenvalue weighted by atomic mass is 32.2. The molecule has 0 saturated carbocycles. The van der Waals surface area contributed by atoms with Gasteiger partial charge in [0.1, 0.15) is 0 Å². The van der Waals surface area contributed by atoms with E-state index in [1.54, 1.807) is 16.4 Å². The second-order valence-corrected chi connectivity index (χ2v) is 14.5. The molecule has 0 spiro atoms. The van der Waals surface area contributed by atoms with E-state index in [2.05, 4.69) is 26.2 Å². The number of allylic oxidation sites excluding steroid dienone is 1. The zero-order chi connectivity index (χ0) is 16.5. The molecule has 1 aliphatic rings. The highest BCUT2D eigenvalue weighted by Crippen LogP contribution is 2.30. The van der Waals surface area contributed by atoms with Crippen LogP contribution >= 0.6 is 0 Å². The van der Waals surface area contributed by atoms with E-state index in [9.17, 15) is 8.42 Å². The van der Waals surface area contributed by atoms with E-state index in [-0.39, 0.29) is 0 Å². The van der Waals surface area contributed by atoms with Crippen molar-refractivity contribution in [1.29, 1.82) is 0 Å². The van der Waals surface area contributed by atoms with Crippen molar-refractivity contribution in [3.05, 3.63) is 41.6 Å². The van der Waals surface area contributed by atoms with E-state index >= 15 is 0 Å². The second kappa shape index (κ2) is 6.30. The SMILES string of the molecule is C=C(CC1CCN(S(=O)(=O)c2ccc(C)cc2)C1)[Si](C)(C)C. The summed E-state index contributed by atoms with van der Waals surface area (Å²) < 4.78 is 27.0. The average molecular weight is 338 g/mol. The highest BCUT2D eigenvalue weighted by molar-refractivity contribution is 7.89. The van der Waals surface area contributed by atoms with Crippen LogP contribution in [0.2, 0.25) is 19.6 Å². The quantitative estimate of drug-likeness (QED) is 0.766. The third-order valence-corrected chi connectivity index (χ3v) is 8.71. The molecule has 1 atom stereocenters. The maximum absolute atomic E-state index is 12.7. The Labute approximate surface area is 136 Å². The van der Waals surface area contributed by atoms with Crippen LogP contribution in [0.3, 0.4) is 0 Å². The molecule has 122 valence electrons. The van der Waals surface area contributed by atoms with Gasteiger partial charge in [0, 0.05) is 13.1 Å². The Morgan fingerprint density at radius 3 is 2.41 bits per heavy atom. The van der Waals surface area contributed by atoms with Gasteiger partial charge in [-0.2, -0.15) is 4.31 Å². The molecular formula is C17H27NO2SSi. The van der Waals surface area contributed by atoms with Crippen molar-refractivity contribution in [3.8, 4) is 0 Å². The molecule has 0 amide bonds. The van der Waals surface area contributed by atoms with Crippen molar-refractivity contribution in [3.63, 3.8) is 0 Å². The first-order chi connectivity index (χ1) is 10.1. The van der Waals surface area contributed by atoms with Crippen LogP contribution in [0.5, 0.6) is 0 Å². The Balaban J connectivity index is 2.06. The molecule has 1 aliphatic heterocycles. The molecule has 0 aromatic heterocycles. The standard InChI is InChI=1S/C17H27NO2SSi/c1-14-6-8-17(9-7-14)21(19,20)18-11-10-16(13-18)12-15(2)22(3,4)5/h6-9,16H,2,10-13H2,1,3-5H3. The van der Waals surface area contributed by atoms with Crippen molar-refractivity contribution in [2.75, 3.05) is 13.1 Å². The van der Waals surface area contributed by atoms with Crippen LogP contribution < -0.4 is 0 Å². The van der Waals surface area contributed by atoms with E-state index in [0.717, 1.165) is 18.4 Å². The van der Waals surface area contributed by atoms with Crippen molar-refractivity contribution < 1.29 is 8.42 Å². The summed E-state index contributed by atoms with van der Waals surface area (Å²) in [6.07, 6.45) is 1.91. The molecule has 1 aromatic carbocycles. The van der Waals surface area contributed by atoms with Crippen molar-refractivity contribution >= 4 is 18.1 Å². The Morgan fingerprint density at radius 2 is 1.86 bits per heavy atom. The zero-order valence-corrected chi connectivity index (χ0v) is 15.9. The minimum absolute atomic E-state index is 0.405. The van der Waals surface area contributed by atoms with Crippen LogP contribution in [0, 0.1) is 12.8 Å². The van der Waals surface area contributed by atoms with E-state index in [1.165, 1.54) is 5.20 Å².